The van der Waals surface area contributed by atoms with Gasteiger partial charge in [-0.25, -0.2) is 0 Å². The number of nitro groups is 1. The summed E-state index contributed by atoms with van der Waals surface area (Å²) in [6, 6.07) is 2.58. The van der Waals surface area contributed by atoms with E-state index in [1.54, 1.807) is 24.9 Å². The van der Waals surface area contributed by atoms with Gasteiger partial charge in [0.05, 0.1) is 29.1 Å². The summed E-state index contributed by atoms with van der Waals surface area (Å²) in [6.45, 7) is 3.82. The molecule has 1 N–H and O–H groups in total. The maximum absolute atomic E-state index is 12.3. The Bertz CT molecular complexity index is 690. The molecule has 2 aromatic rings. The van der Waals surface area contributed by atoms with Crippen molar-refractivity contribution in [3.63, 3.8) is 0 Å². The Labute approximate surface area is 127 Å². The molecule has 2 rings (SSSR count). The fourth-order valence-corrected chi connectivity index (χ4v) is 2.20. The summed E-state index contributed by atoms with van der Waals surface area (Å²) in [5.41, 5.74) is 1.32. The van der Waals surface area contributed by atoms with Gasteiger partial charge in [-0.2, -0.15) is 9.78 Å². The van der Waals surface area contributed by atoms with Gasteiger partial charge in [0.1, 0.15) is 0 Å². The molecule has 9 heteroatoms. The standard InChI is InChI=1S/C13H18N6O3/c1-4-11(18-9(2)7-12(16-18)19(21)22)13(20)14-8-10-5-6-17(3)15-10/h5-7,11H,4,8H2,1-3H3,(H,14,20). The highest BCUT2D eigenvalue weighted by atomic mass is 16.6. The number of hydrogen-bond acceptors (Lipinski definition) is 5. The number of carbonyl (C=O) groups excluding carboxylic acids is 1. The van der Waals surface area contributed by atoms with Gasteiger partial charge in [-0.05, 0) is 24.3 Å². The molecule has 0 saturated carbocycles. The number of hydrogen-bond donors (Lipinski definition) is 1. The molecule has 0 aliphatic heterocycles. The molecule has 22 heavy (non-hydrogen) atoms. The lowest BCUT2D eigenvalue weighted by Crippen LogP contribution is -2.33. The van der Waals surface area contributed by atoms with E-state index in [-0.39, 0.29) is 11.7 Å². The van der Waals surface area contributed by atoms with Crippen LogP contribution in [0.15, 0.2) is 18.3 Å². The molecule has 0 radical (unpaired) electrons. The predicted octanol–water partition coefficient (Wildman–Crippen LogP) is 1.10. The molecule has 118 valence electrons. The number of carbonyl (C=O) groups is 1. The minimum Gasteiger partial charge on any atom is -0.358 e. The molecule has 9 nitrogen and oxygen atoms in total. The third kappa shape index (κ3) is 3.30. The molecular formula is C13H18N6O3. The van der Waals surface area contributed by atoms with Crippen LogP contribution in [-0.2, 0) is 18.4 Å². The van der Waals surface area contributed by atoms with Gasteiger partial charge in [-0.15, -0.1) is 0 Å². The van der Waals surface area contributed by atoms with E-state index in [0.717, 1.165) is 5.69 Å². The lowest BCUT2D eigenvalue weighted by Gasteiger charge is -2.13. The van der Waals surface area contributed by atoms with Gasteiger partial charge in [-0.1, -0.05) is 6.92 Å². The second-order valence-corrected chi connectivity index (χ2v) is 4.97. The lowest BCUT2D eigenvalue weighted by molar-refractivity contribution is -0.389. The summed E-state index contributed by atoms with van der Waals surface area (Å²) in [6.07, 6.45) is 2.27. The summed E-state index contributed by atoms with van der Waals surface area (Å²) in [5.74, 6) is -0.497. The monoisotopic (exact) mass is 306 g/mol. The van der Waals surface area contributed by atoms with Gasteiger partial charge in [-0.3, -0.25) is 9.48 Å². The van der Waals surface area contributed by atoms with Crippen LogP contribution >= 0.6 is 0 Å². The van der Waals surface area contributed by atoms with Crippen LogP contribution in [0.5, 0.6) is 0 Å². The van der Waals surface area contributed by atoms with Crippen LogP contribution in [0.3, 0.4) is 0 Å². The minimum absolute atomic E-state index is 0.241. The predicted molar refractivity (Wildman–Crippen MR) is 78.0 cm³/mol. The first-order valence-corrected chi connectivity index (χ1v) is 6.89. The Morgan fingerprint density at radius 2 is 2.23 bits per heavy atom. The van der Waals surface area contributed by atoms with E-state index in [4.69, 9.17) is 0 Å². The third-order valence-corrected chi connectivity index (χ3v) is 3.29. The van der Waals surface area contributed by atoms with Crippen molar-refractivity contribution in [2.75, 3.05) is 0 Å². The van der Waals surface area contributed by atoms with Gasteiger partial charge in [0.15, 0.2) is 6.04 Å². The van der Waals surface area contributed by atoms with E-state index in [9.17, 15) is 14.9 Å². The fraction of sp³-hybridized carbons (Fsp3) is 0.462. The van der Waals surface area contributed by atoms with Gasteiger partial charge >= 0.3 is 5.82 Å². The second-order valence-electron chi connectivity index (χ2n) is 4.97. The topological polar surface area (TPSA) is 108 Å². The molecule has 1 amide bonds. The van der Waals surface area contributed by atoms with Crippen molar-refractivity contribution < 1.29 is 9.72 Å². The highest BCUT2D eigenvalue weighted by Crippen LogP contribution is 2.18. The van der Waals surface area contributed by atoms with Crippen molar-refractivity contribution in [2.45, 2.75) is 32.9 Å². The van der Waals surface area contributed by atoms with Crippen molar-refractivity contribution in [1.82, 2.24) is 24.9 Å². The quantitative estimate of drug-likeness (QED) is 0.635. The van der Waals surface area contributed by atoms with Crippen molar-refractivity contribution in [2.24, 2.45) is 7.05 Å². The number of aromatic nitrogens is 4. The first-order chi connectivity index (χ1) is 10.4. The summed E-state index contributed by atoms with van der Waals surface area (Å²) >= 11 is 0. The SMILES string of the molecule is CCC(C(=O)NCc1ccn(C)n1)n1nc([N+](=O)[O-])cc1C. The number of rotatable bonds is 6. The summed E-state index contributed by atoms with van der Waals surface area (Å²) in [4.78, 5) is 22.5. The number of amides is 1. The van der Waals surface area contributed by atoms with Crippen LogP contribution in [0.4, 0.5) is 5.82 Å². The average Bonchev–Trinajstić information content (AvgIpc) is 3.04. The Morgan fingerprint density at radius 1 is 1.50 bits per heavy atom. The largest absolute Gasteiger partial charge is 0.390 e. The van der Waals surface area contributed by atoms with Gasteiger partial charge in [0.25, 0.3) is 0 Å². The summed E-state index contributed by atoms with van der Waals surface area (Å²) < 4.78 is 3.05. The second kappa shape index (κ2) is 6.37. The number of nitrogens with one attached hydrogen (secondary N) is 1. The highest BCUT2D eigenvalue weighted by Gasteiger charge is 2.26. The first-order valence-electron chi connectivity index (χ1n) is 6.89. The maximum atomic E-state index is 12.3. The van der Waals surface area contributed by atoms with Gasteiger partial charge in [0, 0.05) is 13.2 Å². The van der Waals surface area contributed by atoms with E-state index in [0.29, 0.717) is 18.7 Å². The Balaban J connectivity index is 2.10. The van der Waals surface area contributed by atoms with Crippen LogP contribution in [0.2, 0.25) is 0 Å². The van der Waals surface area contributed by atoms with Crippen molar-refractivity contribution in [1.29, 1.82) is 0 Å². The van der Waals surface area contributed by atoms with Crippen LogP contribution in [0.25, 0.3) is 0 Å². The molecule has 0 aliphatic carbocycles. The Morgan fingerprint density at radius 3 is 2.73 bits per heavy atom. The van der Waals surface area contributed by atoms with E-state index >= 15 is 0 Å². The lowest BCUT2D eigenvalue weighted by atomic mass is 10.2. The zero-order chi connectivity index (χ0) is 16.3. The van der Waals surface area contributed by atoms with Gasteiger partial charge in [0.2, 0.25) is 5.91 Å². The molecule has 1 atom stereocenters. The zero-order valence-electron chi connectivity index (χ0n) is 12.7. The number of aryl methyl sites for hydroxylation is 2. The van der Waals surface area contributed by atoms with Gasteiger partial charge < -0.3 is 15.4 Å². The van der Waals surface area contributed by atoms with E-state index in [2.05, 4.69) is 15.5 Å². The Hall–Kier alpha value is -2.71. The Kier molecular flexibility index (Phi) is 4.54. The average molecular weight is 306 g/mol. The minimum atomic E-state index is -0.586. The smallest absolute Gasteiger partial charge is 0.358 e. The molecule has 0 saturated heterocycles. The van der Waals surface area contributed by atoms with E-state index in [1.807, 2.05) is 13.0 Å². The zero-order valence-corrected chi connectivity index (χ0v) is 12.7. The molecule has 0 aromatic carbocycles. The normalized spacial score (nSPS) is 12.1. The van der Waals surface area contributed by atoms with Crippen LogP contribution in [-0.4, -0.2) is 30.4 Å². The van der Waals surface area contributed by atoms with Crippen LogP contribution < -0.4 is 5.32 Å². The third-order valence-electron chi connectivity index (χ3n) is 3.29. The van der Waals surface area contributed by atoms with Crippen LogP contribution in [0, 0.1) is 17.0 Å². The molecule has 1 unspecified atom stereocenters. The molecular weight excluding hydrogens is 288 g/mol. The molecule has 0 fully saturated rings. The van der Waals surface area contributed by atoms with Crippen LogP contribution in [0.1, 0.15) is 30.8 Å². The fourth-order valence-electron chi connectivity index (χ4n) is 2.20. The first kappa shape index (κ1) is 15.7. The van der Waals surface area contributed by atoms with Crippen molar-refractivity contribution in [3.8, 4) is 0 Å². The molecule has 2 aromatic heterocycles. The molecule has 2 heterocycles. The molecule has 0 aliphatic rings. The van der Waals surface area contributed by atoms with Crippen molar-refractivity contribution in [3.05, 3.63) is 39.8 Å². The summed E-state index contributed by atoms with van der Waals surface area (Å²) in [7, 11) is 1.80. The van der Waals surface area contributed by atoms with E-state index < -0.39 is 11.0 Å². The van der Waals surface area contributed by atoms with E-state index in [1.165, 1.54) is 10.7 Å². The van der Waals surface area contributed by atoms with Crippen molar-refractivity contribution >= 4 is 11.7 Å². The molecule has 0 bridgehead atoms. The highest BCUT2D eigenvalue weighted by molar-refractivity contribution is 5.80. The maximum Gasteiger partial charge on any atom is 0.390 e. The molecule has 0 spiro atoms. The summed E-state index contributed by atoms with van der Waals surface area (Å²) in [5, 5.41) is 21.6. The number of nitrogens with zero attached hydrogens (tertiary/aromatic N) is 5.